The van der Waals surface area contributed by atoms with Gasteiger partial charge < -0.3 is 10.1 Å². The van der Waals surface area contributed by atoms with E-state index in [1.54, 1.807) is 6.20 Å². The Kier molecular flexibility index (Phi) is 6.63. The number of carbonyl (C=O) groups excluding carboxylic acids is 2. The Balaban J connectivity index is 1.53. The van der Waals surface area contributed by atoms with Gasteiger partial charge in [0.1, 0.15) is 12.6 Å². The normalized spacial score (nSPS) is 16.2. The average Bonchev–Trinajstić information content (AvgIpc) is 3.21. The number of hydrogen-bond donors (Lipinski definition) is 1. The molecule has 1 aromatic heterocycles. The van der Waals surface area contributed by atoms with E-state index in [0.717, 1.165) is 23.1 Å². The lowest BCUT2D eigenvalue weighted by atomic mass is 10.0. The van der Waals surface area contributed by atoms with E-state index >= 15 is 0 Å². The molecule has 1 fully saturated rings. The maximum atomic E-state index is 12.6. The number of nitrogens with one attached hydrogen (secondary N) is 1. The van der Waals surface area contributed by atoms with Gasteiger partial charge in [0, 0.05) is 25.5 Å². The Hall–Kier alpha value is -2.89. The summed E-state index contributed by atoms with van der Waals surface area (Å²) in [7, 11) is 0. The fourth-order valence-corrected chi connectivity index (χ4v) is 3.29. The molecule has 3 rings (SSSR count). The van der Waals surface area contributed by atoms with Crippen LogP contribution < -0.4 is 5.32 Å². The molecule has 2 heterocycles. The molecule has 6 nitrogen and oxygen atoms in total. The molecular formula is C22H27N3O3. The molecule has 148 valence electrons. The number of carbonyl (C=O) groups is 2. The smallest absolute Gasteiger partial charge is 0.410 e. The van der Waals surface area contributed by atoms with Crippen molar-refractivity contribution in [3.8, 4) is 0 Å². The summed E-state index contributed by atoms with van der Waals surface area (Å²) >= 11 is 0. The number of amides is 2. The van der Waals surface area contributed by atoms with Crippen LogP contribution in [0, 0.1) is 0 Å². The molecule has 6 heteroatoms. The third-order valence-corrected chi connectivity index (χ3v) is 4.94. The minimum Gasteiger partial charge on any atom is -0.445 e. The summed E-state index contributed by atoms with van der Waals surface area (Å²) in [6.07, 6.45) is 4.61. The number of rotatable bonds is 6. The fraction of sp³-hybridized carbons (Fsp3) is 0.409. The number of aromatic nitrogens is 1. The number of hydrogen-bond acceptors (Lipinski definition) is 4. The second-order valence-corrected chi connectivity index (χ2v) is 7.39. The van der Waals surface area contributed by atoms with Crippen molar-refractivity contribution in [3.05, 3.63) is 65.5 Å². The maximum Gasteiger partial charge on any atom is 0.410 e. The summed E-state index contributed by atoms with van der Waals surface area (Å²) < 4.78 is 5.39. The lowest BCUT2D eigenvalue weighted by Gasteiger charge is -2.23. The molecule has 1 aliphatic rings. The van der Waals surface area contributed by atoms with Crippen molar-refractivity contribution < 1.29 is 14.3 Å². The maximum absolute atomic E-state index is 12.6. The summed E-state index contributed by atoms with van der Waals surface area (Å²) in [5, 5.41) is 2.94. The van der Waals surface area contributed by atoms with Crippen LogP contribution >= 0.6 is 0 Å². The second kappa shape index (κ2) is 9.35. The first kappa shape index (κ1) is 19.9. The predicted octanol–water partition coefficient (Wildman–Crippen LogP) is 3.62. The molecular weight excluding hydrogens is 354 g/mol. The molecule has 0 bridgehead atoms. The summed E-state index contributed by atoms with van der Waals surface area (Å²) in [6, 6.07) is 11.1. The van der Waals surface area contributed by atoms with E-state index in [1.165, 1.54) is 4.90 Å². The quantitative estimate of drug-likeness (QED) is 0.830. The van der Waals surface area contributed by atoms with Gasteiger partial charge in [-0.25, -0.2) is 4.79 Å². The largest absolute Gasteiger partial charge is 0.445 e. The Morgan fingerprint density at radius 1 is 1.21 bits per heavy atom. The molecule has 1 saturated heterocycles. The zero-order valence-electron chi connectivity index (χ0n) is 16.4. The number of ether oxygens (including phenoxy) is 1. The monoisotopic (exact) mass is 381 g/mol. The lowest BCUT2D eigenvalue weighted by molar-refractivity contribution is -0.125. The molecule has 1 aliphatic heterocycles. The van der Waals surface area contributed by atoms with Crippen LogP contribution in [0.4, 0.5) is 4.79 Å². The minimum absolute atomic E-state index is 0.149. The third kappa shape index (κ3) is 5.09. The topological polar surface area (TPSA) is 71.5 Å². The van der Waals surface area contributed by atoms with E-state index in [9.17, 15) is 9.59 Å². The van der Waals surface area contributed by atoms with Crippen molar-refractivity contribution in [1.82, 2.24) is 15.2 Å². The van der Waals surface area contributed by atoms with Crippen LogP contribution in [-0.4, -0.2) is 34.5 Å². The van der Waals surface area contributed by atoms with Gasteiger partial charge in [-0.15, -0.1) is 0 Å². The predicted molar refractivity (Wildman–Crippen MR) is 107 cm³/mol. The van der Waals surface area contributed by atoms with E-state index in [-0.39, 0.29) is 12.5 Å². The van der Waals surface area contributed by atoms with Crippen molar-refractivity contribution >= 4 is 12.0 Å². The van der Waals surface area contributed by atoms with Crippen LogP contribution in [0.25, 0.3) is 0 Å². The van der Waals surface area contributed by atoms with Gasteiger partial charge in [-0.05, 0) is 35.4 Å². The van der Waals surface area contributed by atoms with Crippen LogP contribution in [0.2, 0.25) is 0 Å². The molecule has 1 aromatic carbocycles. The van der Waals surface area contributed by atoms with E-state index in [1.807, 2.05) is 36.5 Å². The second-order valence-electron chi connectivity index (χ2n) is 7.39. The fourth-order valence-electron chi connectivity index (χ4n) is 3.29. The Morgan fingerprint density at radius 2 is 2.00 bits per heavy atom. The SMILES string of the molecule is CC(C)c1cncc(CNC(=O)[C@@H]2CCCN2C(=O)OCc2ccccc2)c1. The number of pyridine rings is 1. The summed E-state index contributed by atoms with van der Waals surface area (Å²) in [6.45, 7) is 5.36. The highest BCUT2D eigenvalue weighted by molar-refractivity contribution is 5.86. The van der Waals surface area contributed by atoms with E-state index in [2.05, 4.69) is 30.2 Å². The molecule has 2 amide bonds. The van der Waals surface area contributed by atoms with Crippen LogP contribution in [-0.2, 0) is 22.7 Å². The summed E-state index contributed by atoms with van der Waals surface area (Å²) in [5.41, 5.74) is 3.02. The van der Waals surface area contributed by atoms with Gasteiger partial charge in [0.2, 0.25) is 5.91 Å². The molecule has 0 saturated carbocycles. The van der Waals surface area contributed by atoms with Crippen LogP contribution in [0.15, 0.2) is 48.8 Å². The zero-order valence-corrected chi connectivity index (χ0v) is 16.4. The first-order valence-corrected chi connectivity index (χ1v) is 9.73. The van der Waals surface area contributed by atoms with Crippen molar-refractivity contribution in [2.75, 3.05) is 6.54 Å². The van der Waals surface area contributed by atoms with Gasteiger partial charge in [0.05, 0.1) is 0 Å². The summed E-state index contributed by atoms with van der Waals surface area (Å²) in [4.78, 5) is 30.9. The third-order valence-electron chi connectivity index (χ3n) is 4.94. The Morgan fingerprint density at radius 3 is 2.75 bits per heavy atom. The minimum atomic E-state index is -0.482. The van der Waals surface area contributed by atoms with Gasteiger partial charge in [-0.1, -0.05) is 50.2 Å². The van der Waals surface area contributed by atoms with Crippen molar-refractivity contribution in [2.24, 2.45) is 0 Å². The van der Waals surface area contributed by atoms with E-state index in [4.69, 9.17) is 4.74 Å². The van der Waals surface area contributed by atoms with Crippen LogP contribution in [0.1, 0.15) is 49.3 Å². The average molecular weight is 381 g/mol. The van der Waals surface area contributed by atoms with Crippen molar-refractivity contribution in [3.63, 3.8) is 0 Å². The molecule has 0 aliphatic carbocycles. The molecule has 0 unspecified atom stereocenters. The number of nitrogens with zero attached hydrogens (tertiary/aromatic N) is 2. The summed E-state index contributed by atoms with van der Waals surface area (Å²) in [5.74, 6) is 0.233. The molecule has 0 radical (unpaired) electrons. The van der Waals surface area contributed by atoms with Gasteiger partial charge >= 0.3 is 6.09 Å². The van der Waals surface area contributed by atoms with Crippen LogP contribution in [0.3, 0.4) is 0 Å². The molecule has 1 atom stereocenters. The zero-order chi connectivity index (χ0) is 19.9. The Labute approximate surface area is 165 Å². The standard InChI is InChI=1S/C22H27N3O3/c1-16(2)19-11-18(12-23-14-19)13-24-21(26)20-9-6-10-25(20)22(27)28-15-17-7-4-3-5-8-17/h3-5,7-8,11-12,14,16,20H,6,9-10,13,15H2,1-2H3,(H,24,26)/t20-/m0/s1. The highest BCUT2D eigenvalue weighted by Gasteiger charge is 2.35. The first-order chi connectivity index (χ1) is 13.5. The number of benzene rings is 1. The highest BCUT2D eigenvalue weighted by Crippen LogP contribution is 2.19. The molecule has 2 aromatic rings. The van der Waals surface area contributed by atoms with E-state index < -0.39 is 12.1 Å². The molecule has 1 N–H and O–H groups in total. The van der Waals surface area contributed by atoms with Gasteiger partial charge in [-0.2, -0.15) is 0 Å². The highest BCUT2D eigenvalue weighted by atomic mass is 16.6. The Bertz CT molecular complexity index is 808. The van der Waals surface area contributed by atoms with Gasteiger partial charge in [0.25, 0.3) is 0 Å². The van der Waals surface area contributed by atoms with Crippen molar-refractivity contribution in [2.45, 2.75) is 51.8 Å². The van der Waals surface area contributed by atoms with Gasteiger partial charge in [-0.3, -0.25) is 14.7 Å². The van der Waals surface area contributed by atoms with Gasteiger partial charge in [0.15, 0.2) is 0 Å². The molecule has 0 spiro atoms. The lowest BCUT2D eigenvalue weighted by Crippen LogP contribution is -2.45. The van der Waals surface area contributed by atoms with Crippen LogP contribution in [0.5, 0.6) is 0 Å². The molecule has 28 heavy (non-hydrogen) atoms. The number of likely N-dealkylation sites (tertiary alicyclic amines) is 1. The van der Waals surface area contributed by atoms with E-state index in [0.29, 0.717) is 25.4 Å². The first-order valence-electron chi connectivity index (χ1n) is 9.73. The van der Waals surface area contributed by atoms with Crippen molar-refractivity contribution in [1.29, 1.82) is 0 Å².